The number of hydrogen-bond donors (Lipinski definition) is 1. The molecule has 0 fully saturated rings. The zero-order chi connectivity index (χ0) is 13.7. The molecule has 1 N–H and O–H groups in total. The van der Waals surface area contributed by atoms with Crippen LogP contribution < -0.4 is 0 Å². The van der Waals surface area contributed by atoms with Gasteiger partial charge in [-0.25, -0.2) is 4.39 Å². The molecule has 1 aromatic rings. The highest BCUT2D eigenvalue weighted by atomic mass is 19.1. The van der Waals surface area contributed by atoms with E-state index in [4.69, 9.17) is 5.11 Å². The van der Waals surface area contributed by atoms with E-state index in [0.717, 1.165) is 0 Å². The second-order valence-electron chi connectivity index (χ2n) is 4.80. The summed E-state index contributed by atoms with van der Waals surface area (Å²) in [7, 11) is 0. The normalized spacial score (nSPS) is 13.0. The zero-order valence-electron chi connectivity index (χ0n) is 11.1. The van der Waals surface area contributed by atoms with Crippen LogP contribution in [0.3, 0.4) is 0 Å². The van der Waals surface area contributed by atoms with Crippen LogP contribution in [0.1, 0.15) is 26.3 Å². The highest BCUT2D eigenvalue weighted by molar-refractivity contribution is 5.69. The number of aliphatic carboxylic acids is 1. The summed E-state index contributed by atoms with van der Waals surface area (Å²) in [6.07, 6.45) is 0.512. The van der Waals surface area contributed by atoms with Crippen LogP contribution in [-0.4, -0.2) is 34.6 Å². The van der Waals surface area contributed by atoms with Gasteiger partial charge in [0.2, 0.25) is 0 Å². The van der Waals surface area contributed by atoms with Crippen molar-refractivity contribution in [1.29, 1.82) is 0 Å². The predicted octanol–water partition coefficient (Wildman–Crippen LogP) is 2.55. The van der Waals surface area contributed by atoms with Crippen molar-refractivity contribution >= 4 is 5.97 Å². The van der Waals surface area contributed by atoms with Crippen molar-refractivity contribution in [2.75, 3.05) is 6.54 Å². The molecule has 0 amide bonds. The molecule has 100 valence electrons. The summed E-state index contributed by atoms with van der Waals surface area (Å²) < 4.78 is 13.5. The van der Waals surface area contributed by atoms with Crippen molar-refractivity contribution in [2.24, 2.45) is 0 Å². The van der Waals surface area contributed by atoms with Crippen LogP contribution in [-0.2, 0) is 11.2 Å². The predicted molar refractivity (Wildman–Crippen MR) is 69.0 cm³/mol. The van der Waals surface area contributed by atoms with Crippen LogP contribution in [0.15, 0.2) is 24.3 Å². The summed E-state index contributed by atoms with van der Waals surface area (Å²) in [5.41, 5.74) is 0.626. The lowest BCUT2D eigenvalue weighted by Gasteiger charge is -2.31. The third-order valence-electron chi connectivity index (χ3n) is 3.02. The zero-order valence-corrected chi connectivity index (χ0v) is 11.1. The third-order valence-corrected chi connectivity index (χ3v) is 3.02. The molecule has 1 aromatic carbocycles. The number of carboxylic acids is 1. The number of halogens is 1. The molecule has 0 radical (unpaired) electrons. The largest absolute Gasteiger partial charge is 0.480 e. The van der Waals surface area contributed by atoms with Gasteiger partial charge in [0.25, 0.3) is 0 Å². The lowest BCUT2D eigenvalue weighted by molar-refractivity contribution is -0.139. The van der Waals surface area contributed by atoms with Crippen LogP contribution in [0.2, 0.25) is 0 Å². The van der Waals surface area contributed by atoms with Gasteiger partial charge in [0, 0.05) is 12.1 Å². The van der Waals surface area contributed by atoms with Gasteiger partial charge in [0.05, 0.1) is 6.54 Å². The molecule has 1 atom stereocenters. The molecule has 1 rings (SSSR count). The summed E-state index contributed by atoms with van der Waals surface area (Å²) in [5.74, 6) is -1.09. The van der Waals surface area contributed by atoms with E-state index in [9.17, 15) is 9.18 Å². The highest BCUT2D eigenvalue weighted by Gasteiger charge is 2.20. The van der Waals surface area contributed by atoms with Crippen molar-refractivity contribution in [3.63, 3.8) is 0 Å². The Morgan fingerprint density at radius 1 is 1.33 bits per heavy atom. The molecular weight excluding hydrogens is 233 g/mol. The molecule has 0 spiro atoms. The molecule has 0 aliphatic heterocycles. The van der Waals surface area contributed by atoms with E-state index in [1.807, 2.05) is 25.7 Å². The van der Waals surface area contributed by atoms with Gasteiger partial charge < -0.3 is 5.11 Å². The molecule has 0 heterocycles. The van der Waals surface area contributed by atoms with Crippen molar-refractivity contribution < 1.29 is 14.3 Å². The lowest BCUT2D eigenvalue weighted by Crippen LogP contribution is -2.43. The van der Waals surface area contributed by atoms with Crippen LogP contribution in [0.4, 0.5) is 4.39 Å². The maximum atomic E-state index is 13.5. The van der Waals surface area contributed by atoms with Crippen LogP contribution in [0, 0.1) is 5.82 Å². The minimum absolute atomic E-state index is 0.0157. The average molecular weight is 253 g/mol. The number of carboxylic acid groups (broad SMARTS) is 1. The first-order valence-electron chi connectivity index (χ1n) is 6.12. The van der Waals surface area contributed by atoms with Gasteiger partial charge >= 0.3 is 5.97 Å². The Morgan fingerprint density at radius 2 is 1.94 bits per heavy atom. The van der Waals surface area contributed by atoms with Gasteiger partial charge in [-0.3, -0.25) is 9.69 Å². The molecule has 4 heteroatoms. The molecule has 0 saturated carbocycles. The lowest BCUT2D eigenvalue weighted by atomic mass is 10.0. The first-order valence-corrected chi connectivity index (χ1v) is 6.12. The smallest absolute Gasteiger partial charge is 0.317 e. The van der Waals surface area contributed by atoms with E-state index in [2.05, 4.69) is 0 Å². The quantitative estimate of drug-likeness (QED) is 0.847. The van der Waals surface area contributed by atoms with Crippen molar-refractivity contribution in [3.8, 4) is 0 Å². The van der Waals surface area contributed by atoms with Gasteiger partial charge in [-0.05, 0) is 38.8 Å². The van der Waals surface area contributed by atoms with Gasteiger partial charge in [-0.15, -0.1) is 0 Å². The molecule has 0 aliphatic rings. The second-order valence-corrected chi connectivity index (χ2v) is 4.80. The molecule has 1 unspecified atom stereocenters. The monoisotopic (exact) mass is 253 g/mol. The van der Waals surface area contributed by atoms with E-state index in [0.29, 0.717) is 12.0 Å². The SMILES string of the molecule is CC(C)N(CC(=O)O)C(C)Cc1ccccc1F. The van der Waals surface area contributed by atoms with Crippen LogP contribution in [0.25, 0.3) is 0 Å². The second kappa shape index (κ2) is 6.50. The van der Waals surface area contributed by atoms with Crippen molar-refractivity contribution in [3.05, 3.63) is 35.6 Å². The fourth-order valence-corrected chi connectivity index (χ4v) is 2.10. The number of benzene rings is 1. The van der Waals surface area contributed by atoms with E-state index in [1.54, 1.807) is 18.2 Å². The Balaban J connectivity index is 2.75. The Kier molecular flexibility index (Phi) is 5.28. The Bertz CT molecular complexity index is 407. The molecule has 18 heavy (non-hydrogen) atoms. The summed E-state index contributed by atoms with van der Waals surface area (Å²) >= 11 is 0. The van der Waals surface area contributed by atoms with E-state index in [1.165, 1.54) is 6.07 Å². The third kappa shape index (κ3) is 4.11. The Labute approximate surface area is 107 Å². The molecule has 0 saturated heterocycles. The van der Waals surface area contributed by atoms with Gasteiger partial charge in [-0.2, -0.15) is 0 Å². The molecule has 3 nitrogen and oxygen atoms in total. The standard InChI is InChI=1S/C14H20FNO2/c1-10(2)16(9-14(17)18)11(3)8-12-6-4-5-7-13(12)15/h4-7,10-11H,8-9H2,1-3H3,(H,17,18). The van der Waals surface area contributed by atoms with E-state index < -0.39 is 5.97 Å². The topological polar surface area (TPSA) is 40.5 Å². The number of rotatable bonds is 6. The van der Waals surface area contributed by atoms with Crippen LogP contribution >= 0.6 is 0 Å². The fourth-order valence-electron chi connectivity index (χ4n) is 2.10. The van der Waals surface area contributed by atoms with Gasteiger partial charge in [0.15, 0.2) is 0 Å². The fraction of sp³-hybridized carbons (Fsp3) is 0.500. The van der Waals surface area contributed by atoms with Gasteiger partial charge in [0.1, 0.15) is 5.82 Å². The van der Waals surface area contributed by atoms with Crippen LogP contribution in [0.5, 0.6) is 0 Å². The Morgan fingerprint density at radius 3 is 2.44 bits per heavy atom. The van der Waals surface area contributed by atoms with Crippen molar-refractivity contribution in [1.82, 2.24) is 4.90 Å². The number of carbonyl (C=O) groups is 1. The Hall–Kier alpha value is -1.42. The first kappa shape index (κ1) is 14.6. The molecular formula is C14H20FNO2. The number of hydrogen-bond acceptors (Lipinski definition) is 2. The molecule has 0 bridgehead atoms. The van der Waals surface area contributed by atoms with E-state index in [-0.39, 0.29) is 24.4 Å². The molecule has 0 aliphatic carbocycles. The minimum Gasteiger partial charge on any atom is -0.480 e. The summed E-state index contributed by atoms with van der Waals surface area (Å²) in [6, 6.07) is 6.72. The molecule has 0 aromatic heterocycles. The highest BCUT2D eigenvalue weighted by Crippen LogP contribution is 2.14. The summed E-state index contributed by atoms with van der Waals surface area (Å²) in [6.45, 7) is 5.80. The maximum absolute atomic E-state index is 13.5. The summed E-state index contributed by atoms with van der Waals surface area (Å²) in [5, 5.41) is 8.89. The summed E-state index contributed by atoms with van der Waals surface area (Å²) in [4.78, 5) is 12.7. The van der Waals surface area contributed by atoms with Gasteiger partial charge in [-0.1, -0.05) is 18.2 Å². The first-order chi connectivity index (χ1) is 8.41. The average Bonchev–Trinajstić information content (AvgIpc) is 2.28. The van der Waals surface area contributed by atoms with Crippen molar-refractivity contribution in [2.45, 2.75) is 39.3 Å². The number of nitrogens with zero attached hydrogens (tertiary/aromatic N) is 1. The maximum Gasteiger partial charge on any atom is 0.317 e. The minimum atomic E-state index is -0.857. The van der Waals surface area contributed by atoms with E-state index >= 15 is 0 Å².